The molecule has 1 atom stereocenters. The van der Waals surface area contributed by atoms with Gasteiger partial charge in [-0.3, -0.25) is 9.59 Å². The van der Waals surface area contributed by atoms with E-state index in [1.54, 1.807) is 17.0 Å². The number of aromatic nitrogens is 1. The molecule has 4 rings (SSSR count). The van der Waals surface area contributed by atoms with E-state index in [2.05, 4.69) is 10.3 Å². The Balaban J connectivity index is 1.75. The van der Waals surface area contributed by atoms with Gasteiger partial charge >= 0.3 is 0 Å². The number of hydrogen-bond acceptors (Lipinski definition) is 2. The fourth-order valence-corrected chi connectivity index (χ4v) is 3.66. The van der Waals surface area contributed by atoms with E-state index in [1.807, 2.05) is 32.0 Å². The molecule has 2 heterocycles. The summed E-state index contributed by atoms with van der Waals surface area (Å²) in [5.74, 6) is -0.869. The standard InChI is InChI=1S/C21H20FN3O2/c1-12-3-8-17-16(11-12)13(2)18(24-17)21(27)25-10-9-23-20(26)19(25)14-4-6-15(22)7-5-14/h3-8,11,19,24H,9-10H2,1-2H3,(H,23,26)/t19-/m0/s1. The van der Waals surface area contributed by atoms with Crippen LogP contribution < -0.4 is 5.32 Å². The molecule has 1 aliphatic rings. The summed E-state index contributed by atoms with van der Waals surface area (Å²) in [6.07, 6.45) is 0. The van der Waals surface area contributed by atoms with Crippen LogP contribution in [0, 0.1) is 19.7 Å². The van der Waals surface area contributed by atoms with E-state index < -0.39 is 6.04 Å². The molecule has 5 nitrogen and oxygen atoms in total. The number of fused-ring (bicyclic) bond motifs is 1. The minimum absolute atomic E-state index is 0.231. The molecule has 138 valence electrons. The van der Waals surface area contributed by atoms with Crippen molar-refractivity contribution in [2.75, 3.05) is 13.1 Å². The summed E-state index contributed by atoms with van der Waals surface area (Å²) < 4.78 is 13.3. The zero-order valence-corrected chi connectivity index (χ0v) is 15.2. The number of H-pyrrole nitrogens is 1. The van der Waals surface area contributed by atoms with Crippen molar-refractivity contribution in [2.45, 2.75) is 19.9 Å². The molecular formula is C21H20FN3O2. The first-order chi connectivity index (χ1) is 13.0. The van der Waals surface area contributed by atoms with Crippen LogP contribution in [0.5, 0.6) is 0 Å². The van der Waals surface area contributed by atoms with E-state index in [9.17, 15) is 14.0 Å². The van der Waals surface area contributed by atoms with Crippen molar-refractivity contribution >= 4 is 22.7 Å². The first-order valence-corrected chi connectivity index (χ1v) is 8.89. The molecule has 3 aromatic rings. The largest absolute Gasteiger partial charge is 0.352 e. The number of aromatic amines is 1. The zero-order chi connectivity index (χ0) is 19.1. The molecule has 2 amide bonds. The predicted molar refractivity (Wildman–Crippen MR) is 101 cm³/mol. The Hall–Kier alpha value is -3.15. The Morgan fingerprint density at radius 1 is 1.15 bits per heavy atom. The second-order valence-corrected chi connectivity index (χ2v) is 6.92. The smallest absolute Gasteiger partial charge is 0.271 e. The van der Waals surface area contributed by atoms with Crippen molar-refractivity contribution in [3.63, 3.8) is 0 Å². The summed E-state index contributed by atoms with van der Waals surface area (Å²) in [5.41, 5.74) is 3.94. The quantitative estimate of drug-likeness (QED) is 0.732. The number of halogens is 1. The molecule has 1 aromatic heterocycles. The van der Waals surface area contributed by atoms with Crippen molar-refractivity contribution in [2.24, 2.45) is 0 Å². The van der Waals surface area contributed by atoms with Crippen molar-refractivity contribution in [1.29, 1.82) is 0 Å². The van der Waals surface area contributed by atoms with Gasteiger partial charge in [-0.15, -0.1) is 0 Å². The Morgan fingerprint density at radius 3 is 2.63 bits per heavy atom. The Labute approximate surface area is 156 Å². The van der Waals surface area contributed by atoms with E-state index in [1.165, 1.54) is 12.1 Å². The number of amides is 2. The minimum Gasteiger partial charge on any atom is -0.352 e. The van der Waals surface area contributed by atoms with Gasteiger partial charge < -0.3 is 15.2 Å². The highest BCUT2D eigenvalue weighted by molar-refractivity contribution is 6.03. The Kier molecular flexibility index (Phi) is 4.18. The number of nitrogens with one attached hydrogen (secondary N) is 2. The van der Waals surface area contributed by atoms with Crippen molar-refractivity contribution in [3.05, 3.63) is 70.7 Å². The van der Waals surface area contributed by atoms with Gasteiger partial charge in [0.05, 0.1) is 0 Å². The molecule has 1 fully saturated rings. The Morgan fingerprint density at radius 2 is 1.89 bits per heavy atom. The van der Waals surface area contributed by atoms with Gasteiger partial charge in [0.15, 0.2) is 0 Å². The fraction of sp³-hybridized carbons (Fsp3) is 0.238. The molecule has 0 spiro atoms. The summed E-state index contributed by atoms with van der Waals surface area (Å²) in [4.78, 5) is 30.6. The number of nitrogens with zero attached hydrogens (tertiary/aromatic N) is 1. The van der Waals surface area contributed by atoms with Crippen LogP contribution >= 0.6 is 0 Å². The van der Waals surface area contributed by atoms with Crippen molar-refractivity contribution in [3.8, 4) is 0 Å². The number of benzene rings is 2. The summed E-state index contributed by atoms with van der Waals surface area (Å²) in [5, 5.41) is 3.79. The molecule has 1 aliphatic heterocycles. The van der Waals surface area contributed by atoms with Crippen LogP contribution in [0.25, 0.3) is 10.9 Å². The number of piperazine rings is 1. The third-order valence-electron chi connectivity index (χ3n) is 5.09. The Bertz CT molecular complexity index is 1040. The van der Waals surface area contributed by atoms with E-state index in [-0.39, 0.29) is 17.6 Å². The minimum atomic E-state index is -0.778. The summed E-state index contributed by atoms with van der Waals surface area (Å²) in [6, 6.07) is 10.9. The van der Waals surface area contributed by atoms with Gasteiger partial charge in [-0.2, -0.15) is 0 Å². The fourth-order valence-electron chi connectivity index (χ4n) is 3.66. The van der Waals surface area contributed by atoms with Gasteiger partial charge in [0.2, 0.25) is 5.91 Å². The summed E-state index contributed by atoms with van der Waals surface area (Å²) in [7, 11) is 0. The van der Waals surface area contributed by atoms with Gasteiger partial charge in [-0.05, 0) is 49.2 Å². The van der Waals surface area contributed by atoms with Gasteiger partial charge in [0, 0.05) is 24.0 Å². The molecule has 6 heteroatoms. The van der Waals surface area contributed by atoms with Gasteiger partial charge in [0.1, 0.15) is 17.6 Å². The highest BCUT2D eigenvalue weighted by Crippen LogP contribution is 2.29. The van der Waals surface area contributed by atoms with E-state index in [0.29, 0.717) is 24.3 Å². The second-order valence-electron chi connectivity index (χ2n) is 6.92. The second kappa shape index (κ2) is 6.54. The summed E-state index contributed by atoms with van der Waals surface area (Å²) >= 11 is 0. The number of carbonyl (C=O) groups is 2. The summed E-state index contributed by atoms with van der Waals surface area (Å²) in [6.45, 7) is 4.69. The maximum absolute atomic E-state index is 13.3. The highest BCUT2D eigenvalue weighted by Gasteiger charge is 2.36. The molecule has 0 unspecified atom stereocenters. The lowest BCUT2D eigenvalue weighted by Gasteiger charge is -2.35. The molecule has 27 heavy (non-hydrogen) atoms. The molecule has 2 N–H and O–H groups in total. The number of carbonyl (C=O) groups excluding carboxylic acids is 2. The topological polar surface area (TPSA) is 65.2 Å². The van der Waals surface area contributed by atoms with Gasteiger partial charge in [-0.1, -0.05) is 23.8 Å². The first-order valence-electron chi connectivity index (χ1n) is 8.89. The SMILES string of the molecule is Cc1ccc2[nH]c(C(=O)N3CCNC(=O)[C@@H]3c3ccc(F)cc3)c(C)c2c1. The molecule has 0 radical (unpaired) electrons. The molecular weight excluding hydrogens is 345 g/mol. The highest BCUT2D eigenvalue weighted by atomic mass is 19.1. The van der Waals surface area contributed by atoms with E-state index >= 15 is 0 Å². The van der Waals surface area contributed by atoms with Crippen molar-refractivity contribution < 1.29 is 14.0 Å². The predicted octanol–water partition coefficient (Wildman–Crippen LogP) is 3.24. The lowest BCUT2D eigenvalue weighted by Crippen LogP contribution is -2.52. The van der Waals surface area contributed by atoms with Crippen LogP contribution in [0.15, 0.2) is 42.5 Å². The molecule has 1 saturated heterocycles. The average molecular weight is 365 g/mol. The lowest BCUT2D eigenvalue weighted by atomic mass is 10.0. The molecule has 0 saturated carbocycles. The maximum atomic E-state index is 13.3. The average Bonchev–Trinajstić information content (AvgIpc) is 2.98. The molecule has 2 aromatic carbocycles. The third-order valence-corrected chi connectivity index (χ3v) is 5.09. The van der Waals surface area contributed by atoms with E-state index in [0.717, 1.165) is 22.0 Å². The van der Waals surface area contributed by atoms with Crippen LogP contribution in [0.2, 0.25) is 0 Å². The van der Waals surface area contributed by atoms with Crippen LogP contribution in [0.1, 0.15) is 33.2 Å². The number of rotatable bonds is 2. The number of hydrogen-bond donors (Lipinski definition) is 2. The maximum Gasteiger partial charge on any atom is 0.271 e. The normalized spacial score (nSPS) is 17.2. The zero-order valence-electron chi connectivity index (χ0n) is 15.2. The lowest BCUT2D eigenvalue weighted by molar-refractivity contribution is -0.128. The van der Waals surface area contributed by atoms with Gasteiger partial charge in [0.25, 0.3) is 5.91 Å². The first kappa shape index (κ1) is 17.3. The van der Waals surface area contributed by atoms with Crippen molar-refractivity contribution in [1.82, 2.24) is 15.2 Å². The monoisotopic (exact) mass is 365 g/mol. The van der Waals surface area contributed by atoms with Crippen LogP contribution in [-0.2, 0) is 4.79 Å². The van der Waals surface area contributed by atoms with Crippen LogP contribution in [0.3, 0.4) is 0 Å². The number of aryl methyl sites for hydroxylation is 2. The molecule has 0 bridgehead atoms. The van der Waals surface area contributed by atoms with Crippen LogP contribution in [0.4, 0.5) is 4.39 Å². The van der Waals surface area contributed by atoms with Gasteiger partial charge in [-0.25, -0.2) is 4.39 Å². The molecule has 0 aliphatic carbocycles. The van der Waals surface area contributed by atoms with Crippen LogP contribution in [-0.4, -0.2) is 34.8 Å². The van der Waals surface area contributed by atoms with E-state index in [4.69, 9.17) is 0 Å². The third kappa shape index (κ3) is 2.97.